The fourth-order valence-electron chi connectivity index (χ4n) is 1.68. The van der Waals surface area contributed by atoms with Crippen LogP contribution in [0.15, 0.2) is 39.7 Å². The van der Waals surface area contributed by atoms with Gasteiger partial charge in [-0.2, -0.15) is 0 Å². The van der Waals surface area contributed by atoms with E-state index < -0.39 is 21.1 Å². The Morgan fingerprint density at radius 1 is 1.29 bits per heavy atom. The lowest BCUT2D eigenvalue weighted by molar-refractivity contribution is 0.564. The molecule has 0 fully saturated rings. The number of nitrogens with two attached hydrogens (primary N) is 1. The first-order valence-corrected chi connectivity index (χ1v) is 8.92. The number of aromatic nitrogens is 3. The minimum absolute atomic E-state index is 0.206. The van der Waals surface area contributed by atoms with Crippen LogP contribution >= 0.6 is 11.3 Å². The van der Waals surface area contributed by atoms with Gasteiger partial charge in [0.25, 0.3) is 10.0 Å². The smallest absolute Gasteiger partial charge is 0.267 e. The van der Waals surface area contributed by atoms with Crippen LogP contribution in [0.4, 0.5) is 0 Å². The van der Waals surface area contributed by atoms with Crippen LogP contribution in [0, 0.1) is 0 Å². The Hall–Kier alpha value is -1.66. The van der Waals surface area contributed by atoms with Crippen LogP contribution in [0.2, 0.25) is 0 Å². The van der Waals surface area contributed by atoms with Crippen LogP contribution in [0.1, 0.15) is 0 Å². The Morgan fingerprint density at radius 3 is 2.48 bits per heavy atom. The molecule has 1 atom stereocenters. The van der Waals surface area contributed by atoms with Crippen molar-refractivity contribution in [3.8, 4) is 11.3 Å². The van der Waals surface area contributed by atoms with E-state index in [1.807, 2.05) is 0 Å². The standard InChI is InChI=1S/C10H8N4O4S3/c11-21(17,18)10-13-14-5-8(12-9(14)19-10)6-1-3-7(4-2-6)20(15)16/h1-5H,(H,15,16)(H2,11,17,18). The first-order chi connectivity index (χ1) is 9.84. The van der Waals surface area contributed by atoms with E-state index in [9.17, 15) is 12.6 Å². The highest BCUT2D eigenvalue weighted by Gasteiger charge is 2.17. The highest BCUT2D eigenvalue weighted by atomic mass is 32.2. The highest BCUT2D eigenvalue weighted by molar-refractivity contribution is 7.91. The number of fused-ring (bicyclic) bond motifs is 1. The Balaban J connectivity index is 2.01. The number of sulfonamides is 1. The molecule has 0 saturated carbocycles. The zero-order valence-corrected chi connectivity index (χ0v) is 12.7. The second-order valence-corrected chi connectivity index (χ2v) is 7.70. The second kappa shape index (κ2) is 4.96. The summed E-state index contributed by atoms with van der Waals surface area (Å²) in [5.41, 5.74) is 1.30. The van der Waals surface area contributed by atoms with Crippen molar-refractivity contribution in [3.63, 3.8) is 0 Å². The SMILES string of the molecule is NS(=O)(=O)c1nn2cc(-c3ccc(S(=O)O)cc3)nc2s1. The molecule has 0 saturated heterocycles. The van der Waals surface area contributed by atoms with E-state index in [0.717, 1.165) is 16.9 Å². The van der Waals surface area contributed by atoms with E-state index in [-0.39, 0.29) is 9.24 Å². The molecule has 0 spiro atoms. The second-order valence-electron chi connectivity index (χ2n) is 4.04. The molecule has 0 aliphatic heterocycles. The fourth-order valence-corrected chi connectivity index (χ4v) is 3.55. The molecule has 11 heteroatoms. The summed E-state index contributed by atoms with van der Waals surface area (Å²) in [6.07, 6.45) is 1.56. The maximum Gasteiger partial charge on any atom is 0.267 e. The minimum Gasteiger partial charge on any atom is -0.302 e. The van der Waals surface area contributed by atoms with Gasteiger partial charge in [-0.1, -0.05) is 23.5 Å². The molecule has 2 heterocycles. The molecule has 3 rings (SSSR count). The van der Waals surface area contributed by atoms with E-state index in [0.29, 0.717) is 10.7 Å². The third kappa shape index (κ3) is 2.73. The van der Waals surface area contributed by atoms with Crippen molar-refractivity contribution >= 4 is 37.4 Å². The largest absolute Gasteiger partial charge is 0.302 e. The van der Waals surface area contributed by atoms with Gasteiger partial charge in [0.15, 0.2) is 11.1 Å². The Kier molecular flexibility index (Phi) is 3.37. The average Bonchev–Trinajstić information content (AvgIpc) is 2.96. The van der Waals surface area contributed by atoms with Crippen molar-refractivity contribution in [2.24, 2.45) is 5.14 Å². The Bertz CT molecular complexity index is 911. The zero-order chi connectivity index (χ0) is 15.2. The van der Waals surface area contributed by atoms with Gasteiger partial charge in [-0.25, -0.2) is 27.3 Å². The van der Waals surface area contributed by atoms with Crippen molar-refractivity contribution in [1.29, 1.82) is 0 Å². The van der Waals surface area contributed by atoms with Crippen LogP contribution < -0.4 is 5.14 Å². The Labute approximate surface area is 125 Å². The number of rotatable bonds is 3. The molecule has 0 aliphatic rings. The summed E-state index contributed by atoms with van der Waals surface area (Å²) >= 11 is -1.16. The minimum atomic E-state index is -3.84. The van der Waals surface area contributed by atoms with Gasteiger partial charge in [0.1, 0.15) is 0 Å². The predicted molar refractivity (Wildman–Crippen MR) is 76.7 cm³/mol. The van der Waals surface area contributed by atoms with Crippen LogP contribution in [0.3, 0.4) is 0 Å². The van der Waals surface area contributed by atoms with Crippen LogP contribution in [-0.2, 0) is 21.1 Å². The zero-order valence-electron chi connectivity index (χ0n) is 10.2. The molecule has 0 bridgehead atoms. The normalized spacial score (nSPS) is 13.6. The number of hydrogen-bond donors (Lipinski definition) is 2. The molecular weight excluding hydrogens is 336 g/mol. The molecule has 0 aliphatic carbocycles. The summed E-state index contributed by atoms with van der Waals surface area (Å²) in [5.74, 6) is 0. The lowest BCUT2D eigenvalue weighted by Gasteiger charge is -1.97. The number of benzene rings is 1. The van der Waals surface area contributed by atoms with Gasteiger partial charge in [-0.3, -0.25) is 0 Å². The van der Waals surface area contributed by atoms with Gasteiger partial charge >= 0.3 is 0 Å². The molecule has 1 unspecified atom stereocenters. The van der Waals surface area contributed by atoms with Crippen molar-refractivity contribution in [2.45, 2.75) is 9.24 Å². The molecule has 8 nitrogen and oxygen atoms in total. The van der Waals surface area contributed by atoms with Gasteiger partial charge in [0.05, 0.1) is 16.8 Å². The van der Waals surface area contributed by atoms with Gasteiger partial charge in [-0.15, -0.1) is 5.10 Å². The monoisotopic (exact) mass is 344 g/mol. The number of nitrogens with zero attached hydrogens (tertiary/aromatic N) is 3. The molecular formula is C10H8N4O4S3. The number of hydrogen-bond acceptors (Lipinski definition) is 6. The van der Waals surface area contributed by atoms with E-state index in [1.54, 1.807) is 18.3 Å². The summed E-state index contributed by atoms with van der Waals surface area (Å²) in [7, 11) is -3.84. The molecule has 3 aromatic rings. The van der Waals surface area contributed by atoms with Crippen LogP contribution in [-0.4, -0.2) is 31.8 Å². The van der Waals surface area contributed by atoms with Crippen molar-refractivity contribution in [3.05, 3.63) is 30.5 Å². The summed E-state index contributed by atoms with van der Waals surface area (Å²) in [5, 5.41) is 8.85. The van der Waals surface area contributed by atoms with Crippen molar-refractivity contribution in [1.82, 2.24) is 14.6 Å². The molecule has 21 heavy (non-hydrogen) atoms. The van der Waals surface area contributed by atoms with Crippen molar-refractivity contribution in [2.75, 3.05) is 0 Å². The van der Waals surface area contributed by atoms with Crippen LogP contribution in [0.5, 0.6) is 0 Å². The average molecular weight is 344 g/mol. The van der Waals surface area contributed by atoms with E-state index in [1.165, 1.54) is 16.6 Å². The quantitative estimate of drug-likeness (QED) is 0.673. The van der Waals surface area contributed by atoms with Crippen molar-refractivity contribution < 1.29 is 17.2 Å². The van der Waals surface area contributed by atoms with E-state index in [2.05, 4.69) is 10.1 Å². The molecule has 3 N–H and O–H groups in total. The first kappa shape index (κ1) is 14.3. The maximum absolute atomic E-state index is 11.2. The molecule has 110 valence electrons. The molecule has 0 amide bonds. The lowest BCUT2D eigenvalue weighted by Crippen LogP contribution is -2.12. The maximum atomic E-state index is 11.2. The lowest BCUT2D eigenvalue weighted by atomic mass is 10.2. The fraction of sp³-hybridized carbons (Fsp3) is 0. The predicted octanol–water partition coefficient (Wildman–Crippen LogP) is 0.686. The van der Waals surface area contributed by atoms with E-state index >= 15 is 0 Å². The topological polar surface area (TPSA) is 128 Å². The first-order valence-electron chi connectivity index (χ1n) is 5.45. The number of primary sulfonamides is 1. The van der Waals surface area contributed by atoms with Gasteiger partial charge in [-0.05, 0) is 12.1 Å². The van der Waals surface area contributed by atoms with Gasteiger partial charge < -0.3 is 4.55 Å². The summed E-state index contributed by atoms with van der Waals surface area (Å²) in [6, 6.07) is 6.33. The summed E-state index contributed by atoms with van der Waals surface area (Å²) < 4.78 is 43.3. The Morgan fingerprint density at radius 2 is 1.95 bits per heavy atom. The van der Waals surface area contributed by atoms with Gasteiger partial charge in [0, 0.05) is 5.56 Å². The molecule has 0 radical (unpaired) electrons. The molecule has 1 aromatic carbocycles. The third-order valence-electron chi connectivity index (χ3n) is 2.62. The van der Waals surface area contributed by atoms with Crippen LogP contribution in [0.25, 0.3) is 16.2 Å². The summed E-state index contributed by atoms with van der Waals surface area (Å²) in [6.45, 7) is 0. The number of imidazole rings is 1. The third-order valence-corrected chi connectivity index (χ3v) is 5.53. The molecule has 2 aromatic heterocycles. The summed E-state index contributed by atoms with van der Waals surface area (Å²) in [4.78, 5) is 4.93. The van der Waals surface area contributed by atoms with Gasteiger partial charge in [0.2, 0.25) is 9.30 Å². The highest BCUT2D eigenvalue weighted by Crippen LogP contribution is 2.24. The van der Waals surface area contributed by atoms with E-state index in [4.69, 9.17) is 9.69 Å².